The van der Waals surface area contributed by atoms with Gasteiger partial charge in [-0.1, -0.05) is 6.08 Å². The molecule has 0 aromatic heterocycles. The second-order valence-corrected chi connectivity index (χ2v) is 4.80. The Morgan fingerprint density at radius 2 is 2.27 bits per heavy atom. The highest BCUT2D eigenvalue weighted by atomic mass is 16.5. The van der Waals surface area contributed by atoms with E-state index in [9.17, 15) is 0 Å². The fourth-order valence-corrected chi connectivity index (χ4v) is 1.99. The number of ether oxygens (including phenoxy) is 1. The highest BCUT2D eigenvalue weighted by Crippen LogP contribution is 2.38. The van der Waals surface area contributed by atoms with Crippen molar-refractivity contribution in [2.24, 2.45) is 11.7 Å². The van der Waals surface area contributed by atoms with Crippen LogP contribution in [-0.4, -0.2) is 43.8 Å². The van der Waals surface area contributed by atoms with Crippen LogP contribution in [0.5, 0.6) is 0 Å². The van der Waals surface area contributed by atoms with E-state index in [2.05, 4.69) is 18.4 Å². The fraction of sp³-hybridized carbons (Fsp3) is 0.833. The molecule has 0 radical (unpaired) electrons. The van der Waals surface area contributed by atoms with Crippen molar-refractivity contribution in [2.75, 3.05) is 33.4 Å². The summed E-state index contributed by atoms with van der Waals surface area (Å²) in [6, 6.07) is 0. The van der Waals surface area contributed by atoms with E-state index in [1.165, 1.54) is 12.8 Å². The summed E-state index contributed by atoms with van der Waals surface area (Å²) < 4.78 is 5.09. The Bertz CT molecular complexity index is 200. The van der Waals surface area contributed by atoms with Crippen molar-refractivity contribution in [1.82, 2.24) is 4.90 Å². The van der Waals surface area contributed by atoms with Crippen molar-refractivity contribution in [1.29, 1.82) is 0 Å². The van der Waals surface area contributed by atoms with Gasteiger partial charge in [0.05, 0.1) is 6.61 Å². The molecule has 0 aliphatic heterocycles. The first-order valence-electron chi connectivity index (χ1n) is 5.71. The predicted molar refractivity (Wildman–Crippen MR) is 63.8 cm³/mol. The molecule has 1 fully saturated rings. The number of nitrogens with two attached hydrogens (primary N) is 1. The Hall–Kier alpha value is -0.380. The quantitative estimate of drug-likeness (QED) is 0.615. The van der Waals surface area contributed by atoms with E-state index in [0.29, 0.717) is 5.92 Å². The van der Waals surface area contributed by atoms with Crippen molar-refractivity contribution < 1.29 is 4.74 Å². The minimum absolute atomic E-state index is 0.0449. The van der Waals surface area contributed by atoms with Crippen LogP contribution < -0.4 is 5.73 Å². The van der Waals surface area contributed by atoms with E-state index in [1.54, 1.807) is 7.11 Å². The van der Waals surface area contributed by atoms with Gasteiger partial charge in [0, 0.05) is 32.3 Å². The molecule has 0 amide bonds. The van der Waals surface area contributed by atoms with Crippen LogP contribution in [0.25, 0.3) is 0 Å². The molecular formula is C12H24N2O. The average molecular weight is 212 g/mol. The van der Waals surface area contributed by atoms with Crippen molar-refractivity contribution in [3.05, 3.63) is 12.7 Å². The molecule has 3 heteroatoms. The Morgan fingerprint density at radius 3 is 2.73 bits per heavy atom. The maximum atomic E-state index is 6.31. The van der Waals surface area contributed by atoms with Gasteiger partial charge in [0.1, 0.15) is 0 Å². The zero-order valence-corrected chi connectivity index (χ0v) is 10.0. The molecule has 1 aliphatic carbocycles. The van der Waals surface area contributed by atoms with E-state index >= 15 is 0 Å². The minimum Gasteiger partial charge on any atom is -0.383 e. The Morgan fingerprint density at radius 1 is 1.60 bits per heavy atom. The van der Waals surface area contributed by atoms with Crippen molar-refractivity contribution in [3.63, 3.8) is 0 Å². The summed E-state index contributed by atoms with van der Waals surface area (Å²) >= 11 is 0. The lowest BCUT2D eigenvalue weighted by Gasteiger charge is -2.32. The Balaban J connectivity index is 2.37. The van der Waals surface area contributed by atoms with E-state index in [0.717, 1.165) is 26.2 Å². The van der Waals surface area contributed by atoms with Crippen LogP contribution in [0.1, 0.15) is 19.8 Å². The summed E-state index contributed by atoms with van der Waals surface area (Å²) in [6.07, 6.45) is 4.51. The van der Waals surface area contributed by atoms with Crippen LogP contribution in [0, 0.1) is 5.92 Å². The summed E-state index contributed by atoms with van der Waals surface area (Å²) in [4.78, 5) is 2.31. The zero-order chi connectivity index (χ0) is 11.3. The highest BCUT2D eigenvalue weighted by molar-refractivity contribution is 4.97. The maximum absolute atomic E-state index is 6.31. The van der Waals surface area contributed by atoms with E-state index in [1.807, 2.05) is 6.08 Å². The molecule has 0 aromatic rings. The van der Waals surface area contributed by atoms with Crippen molar-refractivity contribution in [2.45, 2.75) is 25.3 Å². The van der Waals surface area contributed by atoms with Gasteiger partial charge in [0.2, 0.25) is 0 Å². The molecule has 3 nitrogen and oxygen atoms in total. The van der Waals surface area contributed by atoms with Gasteiger partial charge in [0.15, 0.2) is 0 Å². The molecule has 0 aromatic carbocycles. The molecule has 15 heavy (non-hydrogen) atoms. The fourth-order valence-electron chi connectivity index (χ4n) is 1.99. The number of rotatable bonds is 8. The van der Waals surface area contributed by atoms with Crippen LogP contribution in [0.2, 0.25) is 0 Å². The molecule has 0 spiro atoms. The summed E-state index contributed by atoms with van der Waals surface area (Å²) in [5, 5.41) is 0. The summed E-state index contributed by atoms with van der Waals surface area (Å²) in [5.74, 6) is 0.715. The molecule has 88 valence electrons. The Kier molecular flexibility index (Phi) is 4.77. The van der Waals surface area contributed by atoms with Crippen LogP contribution in [0.4, 0.5) is 0 Å². The zero-order valence-electron chi connectivity index (χ0n) is 10.0. The van der Waals surface area contributed by atoms with Crippen LogP contribution in [0.3, 0.4) is 0 Å². The van der Waals surface area contributed by atoms with Crippen LogP contribution >= 0.6 is 0 Å². The second-order valence-electron chi connectivity index (χ2n) is 4.80. The normalized spacial score (nSPS) is 20.3. The third kappa shape index (κ3) is 4.33. The summed E-state index contributed by atoms with van der Waals surface area (Å²) in [7, 11) is 1.73. The van der Waals surface area contributed by atoms with Gasteiger partial charge >= 0.3 is 0 Å². The van der Waals surface area contributed by atoms with Gasteiger partial charge in [0.25, 0.3) is 0 Å². The SMILES string of the molecule is C=CCN(CCOC)CC(C)(N)C1CC1. The largest absolute Gasteiger partial charge is 0.383 e. The number of methoxy groups -OCH3 is 1. The third-order valence-electron chi connectivity index (χ3n) is 3.07. The van der Waals surface area contributed by atoms with Crippen LogP contribution in [-0.2, 0) is 4.74 Å². The standard InChI is InChI=1S/C12H24N2O/c1-4-7-14(8-9-15-3)10-12(2,13)11-5-6-11/h4,11H,1,5-10,13H2,2-3H3. The van der Waals surface area contributed by atoms with E-state index in [4.69, 9.17) is 10.5 Å². The molecule has 0 heterocycles. The molecule has 0 saturated heterocycles. The lowest BCUT2D eigenvalue weighted by atomic mass is 9.96. The Labute approximate surface area is 93.3 Å². The molecule has 0 bridgehead atoms. The van der Waals surface area contributed by atoms with Crippen molar-refractivity contribution in [3.8, 4) is 0 Å². The molecule has 1 rings (SSSR count). The molecular weight excluding hydrogens is 188 g/mol. The van der Waals surface area contributed by atoms with Crippen molar-refractivity contribution >= 4 is 0 Å². The average Bonchev–Trinajstić information content (AvgIpc) is 2.97. The number of hydrogen-bond acceptors (Lipinski definition) is 3. The first-order chi connectivity index (χ1) is 7.10. The predicted octanol–water partition coefficient (Wildman–Crippen LogP) is 1.25. The first kappa shape index (κ1) is 12.7. The summed E-state index contributed by atoms with van der Waals surface area (Å²) in [5.41, 5.74) is 6.26. The lowest BCUT2D eigenvalue weighted by molar-refractivity contribution is 0.136. The number of nitrogens with zero attached hydrogens (tertiary/aromatic N) is 1. The number of hydrogen-bond donors (Lipinski definition) is 1. The molecule has 1 atom stereocenters. The van der Waals surface area contributed by atoms with E-state index in [-0.39, 0.29) is 5.54 Å². The first-order valence-corrected chi connectivity index (χ1v) is 5.71. The molecule has 1 aliphatic rings. The topological polar surface area (TPSA) is 38.5 Å². The molecule has 2 N–H and O–H groups in total. The van der Waals surface area contributed by atoms with Gasteiger partial charge in [-0.05, 0) is 25.7 Å². The van der Waals surface area contributed by atoms with Gasteiger partial charge in [-0.3, -0.25) is 4.90 Å². The monoisotopic (exact) mass is 212 g/mol. The molecule has 1 saturated carbocycles. The van der Waals surface area contributed by atoms with Gasteiger partial charge in [-0.25, -0.2) is 0 Å². The maximum Gasteiger partial charge on any atom is 0.0589 e. The molecule has 1 unspecified atom stereocenters. The van der Waals surface area contributed by atoms with Gasteiger partial charge in [-0.2, -0.15) is 0 Å². The summed E-state index contributed by atoms with van der Waals surface area (Å²) in [6.45, 7) is 9.46. The highest BCUT2D eigenvalue weighted by Gasteiger charge is 2.39. The second kappa shape index (κ2) is 5.64. The van der Waals surface area contributed by atoms with Crippen LogP contribution in [0.15, 0.2) is 12.7 Å². The third-order valence-corrected chi connectivity index (χ3v) is 3.07. The van der Waals surface area contributed by atoms with Gasteiger partial charge in [-0.15, -0.1) is 6.58 Å². The van der Waals surface area contributed by atoms with Gasteiger partial charge < -0.3 is 10.5 Å². The lowest BCUT2D eigenvalue weighted by Crippen LogP contribution is -2.50. The minimum atomic E-state index is -0.0449. The smallest absolute Gasteiger partial charge is 0.0589 e. The van der Waals surface area contributed by atoms with E-state index < -0.39 is 0 Å².